The molecule has 0 amide bonds. The van der Waals surface area contributed by atoms with Gasteiger partial charge >= 0.3 is 11.9 Å². The molecule has 4 atom stereocenters. The van der Waals surface area contributed by atoms with Crippen LogP contribution in [0.1, 0.15) is 51.4 Å². The van der Waals surface area contributed by atoms with E-state index < -0.39 is 11.9 Å². The molecular weight excluding hydrogens is 331 g/mol. The average molecular weight is 359 g/mol. The number of rotatable bonds is 2. The molecule has 2 aliphatic carbocycles. The molecule has 0 unspecified atom stereocenters. The van der Waals surface area contributed by atoms with Crippen LogP contribution in [0.3, 0.4) is 0 Å². The molecule has 0 aromatic heterocycles. The van der Waals surface area contributed by atoms with Crippen LogP contribution < -0.4 is 11.5 Å². The van der Waals surface area contributed by atoms with Crippen LogP contribution >= 0.6 is 24.8 Å². The predicted molar refractivity (Wildman–Crippen MR) is 89.6 cm³/mol. The summed E-state index contributed by atoms with van der Waals surface area (Å²) in [5.74, 6) is -2.03. The van der Waals surface area contributed by atoms with Gasteiger partial charge in [0.1, 0.15) is 0 Å². The Morgan fingerprint density at radius 1 is 0.682 bits per heavy atom. The van der Waals surface area contributed by atoms with Crippen molar-refractivity contribution in [2.75, 3.05) is 0 Å². The van der Waals surface area contributed by atoms with Crippen molar-refractivity contribution in [1.29, 1.82) is 0 Å². The molecule has 8 heteroatoms. The van der Waals surface area contributed by atoms with E-state index in [1.54, 1.807) is 0 Å². The Labute approximate surface area is 143 Å². The zero-order chi connectivity index (χ0) is 15.1. The molecule has 0 aromatic carbocycles. The molecule has 2 saturated carbocycles. The molecule has 132 valence electrons. The smallest absolute Gasteiger partial charge is 0.308 e. The van der Waals surface area contributed by atoms with E-state index in [4.69, 9.17) is 21.7 Å². The summed E-state index contributed by atoms with van der Waals surface area (Å²) < 4.78 is 0. The highest BCUT2D eigenvalue weighted by Gasteiger charge is 2.28. The van der Waals surface area contributed by atoms with Gasteiger partial charge in [-0.1, -0.05) is 25.7 Å². The van der Waals surface area contributed by atoms with Crippen molar-refractivity contribution < 1.29 is 19.8 Å². The van der Waals surface area contributed by atoms with Gasteiger partial charge in [0.2, 0.25) is 0 Å². The van der Waals surface area contributed by atoms with Gasteiger partial charge < -0.3 is 21.7 Å². The van der Waals surface area contributed by atoms with E-state index in [1.165, 1.54) is 0 Å². The highest BCUT2D eigenvalue weighted by Crippen LogP contribution is 2.23. The lowest BCUT2D eigenvalue weighted by atomic mass is 9.85. The van der Waals surface area contributed by atoms with Gasteiger partial charge in [-0.05, 0) is 25.7 Å². The number of hydrogen-bond donors (Lipinski definition) is 4. The third-order valence-corrected chi connectivity index (χ3v) is 4.27. The first-order valence-corrected chi connectivity index (χ1v) is 7.40. The van der Waals surface area contributed by atoms with Crippen LogP contribution in [0, 0.1) is 11.8 Å². The Kier molecular flexibility index (Phi) is 12.9. The lowest BCUT2D eigenvalue weighted by Gasteiger charge is -2.24. The quantitative estimate of drug-likeness (QED) is 0.597. The SMILES string of the molecule is Cl.Cl.N[C@@H]1CCCC[C@@H]1C(=O)O.N[C@H]1CCCC[C@H]1C(=O)O. The van der Waals surface area contributed by atoms with E-state index in [0.717, 1.165) is 51.4 Å². The molecule has 0 saturated heterocycles. The van der Waals surface area contributed by atoms with E-state index in [0.29, 0.717) is 0 Å². The van der Waals surface area contributed by atoms with Crippen LogP contribution in [0.5, 0.6) is 0 Å². The molecule has 22 heavy (non-hydrogen) atoms. The molecule has 2 rings (SSSR count). The van der Waals surface area contributed by atoms with E-state index >= 15 is 0 Å². The number of halogens is 2. The predicted octanol–water partition coefficient (Wildman–Crippen LogP) is 2.02. The Bertz CT molecular complexity index is 313. The first-order valence-electron chi connectivity index (χ1n) is 7.40. The van der Waals surface area contributed by atoms with Crippen molar-refractivity contribution in [3.8, 4) is 0 Å². The van der Waals surface area contributed by atoms with Crippen LogP contribution in [0.2, 0.25) is 0 Å². The number of carboxylic acids is 2. The van der Waals surface area contributed by atoms with Crippen molar-refractivity contribution in [2.24, 2.45) is 23.3 Å². The molecule has 2 aliphatic rings. The van der Waals surface area contributed by atoms with Gasteiger partial charge in [0.25, 0.3) is 0 Å². The Morgan fingerprint density at radius 3 is 1.14 bits per heavy atom. The van der Waals surface area contributed by atoms with Gasteiger partial charge in [-0.15, -0.1) is 24.8 Å². The minimum atomic E-state index is -0.729. The maximum Gasteiger partial charge on any atom is 0.308 e. The van der Waals surface area contributed by atoms with Gasteiger partial charge in [0, 0.05) is 12.1 Å². The zero-order valence-electron chi connectivity index (χ0n) is 12.6. The van der Waals surface area contributed by atoms with Crippen molar-refractivity contribution in [2.45, 2.75) is 63.5 Å². The minimum absolute atomic E-state index is 0. The molecule has 0 radical (unpaired) electrons. The van der Waals surface area contributed by atoms with Gasteiger partial charge in [0.15, 0.2) is 0 Å². The van der Waals surface area contributed by atoms with Crippen LogP contribution in [-0.2, 0) is 9.59 Å². The van der Waals surface area contributed by atoms with Crippen LogP contribution in [0.4, 0.5) is 0 Å². The van der Waals surface area contributed by atoms with E-state index in [2.05, 4.69) is 0 Å². The zero-order valence-corrected chi connectivity index (χ0v) is 14.3. The fourth-order valence-electron chi connectivity index (χ4n) is 2.93. The Hall–Kier alpha value is -0.560. The minimum Gasteiger partial charge on any atom is -0.481 e. The normalized spacial score (nSPS) is 30.6. The van der Waals surface area contributed by atoms with Crippen molar-refractivity contribution in [3.05, 3.63) is 0 Å². The second-order valence-electron chi connectivity index (χ2n) is 5.79. The van der Waals surface area contributed by atoms with Crippen molar-refractivity contribution >= 4 is 36.8 Å². The topological polar surface area (TPSA) is 127 Å². The highest BCUT2D eigenvalue weighted by molar-refractivity contribution is 5.85. The molecule has 0 spiro atoms. The number of carboxylic acid groups (broad SMARTS) is 2. The van der Waals surface area contributed by atoms with Crippen LogP contribution in [0.15, 0.2) is 0 Å². The standard InChI is InChI=1S/2C7H13NO2.2ClH/c2*8-6-4-2-1-3-5(6)7(9)10;;/h2*5-6H,1-4,8H2,(H,9,10);2*1H/t2*5-,6+;;/m10../s1. The molecule has 2 fully saturated rings. The lowest BCUT2D eigenvalue weighted by Crippen LogP contribution is -2.37. The first-order chi connectivity index (χ1) is 9.43. The summed E-state index contributed by atoms with van der Waals surface area (Å²) in [6, 6.07) is -0.211. The fraction of sp³-hybridized carbons (Fsp3) is 0.857. The average Bonchev–Trinajstić information content (AvgIpc) is 2.40. The molecule has 0 aromatic rings. The van der Waals surface area contributed by atoms with Gasteiger partial charge in [-0.2, -0.15) is 0 Å². The molecule has 0 bridgehead atoms. The van der Waals surface area contributed by atoms with Crippen LogP contribution in [-0.4, -0.2) is 34.2 Å². The summed E-state index contributed by atoms with van der Waals surface area (Å²) in [7, 11) is 0. The summed E-state index contributed by atoms with van der Waals surface area (Å²) in [4.78, 5) is 21.0. The summed E-state index contributed by atoms with van der Waals surface area (Å²) in [5, 5.41) is 17.3. The number of nitrogens with two attached hydrogens (primary N) is 2. The summed E-state index contributed by atoms with van der Waals surface area (Å²) >= 11 is 0. The van der Waals surface area contributed by atoms with Gasteiger partial charge in [-0.25, -0.2) is 0 Å². The number of hydrogen-bond acceptors (Lipinski definition) is 4. The molecule has 0 aliphatic heterocycles. The number of carbonyl (C=O) groups is 2. The second-order valence-corrected chi connectivity index (χ2v) is 5.79. The van der Waals surface area contributed by atoms with Gasteiger partial charge in [0.05, 0.1) is 11.8 Å². The highest BCUT2D eigenvalue weighted by atomic mass is 35.5. The molecule has 6 nitrogen and oxygen atoms in total. The largest absolute Gasteiger partial charge is 0.481 e. The van der Waals surface area contributed by atoms with E-state index in [1.807, 2.05) is 0 Å². The fourth-order valence-corrected chi connectivity index (χ4v) is 2.93. The first kappa shape index (κ1) is 23.7. The third-order valence-electron chi connectivity index (χ3n) is 4.27. The maximum absolute atomic E-state index is 10.5. The third kappa shape index (κ3) is 7.63. The van der Waals surface area contributed by atoms with Crippen molar-refractivity contribution in [3.63, 3.8) is 0 Å². The van der Waals surface area contributed by atoms with Crippen molar-refractivity contribution in [1.82, 2.24) is 0 Å². The maximum atomic E-state index is 10.5. The Balaban J connectivity index is 0. The number of aliphatic carboxylic acids is 2. The van der Waals surface area contributed by atoms with E-state index in [-0.39, 0.29) is 48.7 Å². The lowest BCUT2D eigenvalue weighted by molar-refractivity contribution is -0.144. The second kappa shape index (κ2) is 11.9. The Morgan fingerprint density at radius 2 is 0.955 bits per heavy atom. The molecule has 6 N–H and O–H groups in total. The molecular formula is C14H28Cl2N2O4. The van der Waals surface area contributed by atoms with E-state index in [9.17, 15) is 9.59 Å². The van der Waals surface area contributed by atoms with Crippen LogP contribution in [0.25, 0.3) is 0 Å². The summed E-state index contributed by atoms with van der Waals surface area (Å²) in [5.41, 5.74) is 11.2. The monoisotopic (exact) mass is 358 g/mol. The van der Waals surface area contributed by atoms with Gasteiger partial charge in [-0.3, -0.25) is 9.59 Å². The molecule has 0 heterocycles. The summed E-state index contributed by atoms with van der Waals surface area (Å²) in [6.45, 7) is 0. The summed E-state index contributed by atoms with van der Waals surface area (Å²) in [6.07, 6.45) is 7.48.